The summed E-state index contributed by atoms with van der Waals surface area (Å²) in [5, 5.41) is 11.4. The molecule has 1 saturated heterocycles. The highest BCUT2D eigenvalue weighted by Gasteiger charge is 2.34. The van der Waals surface area contributed by atoms with Gasteiger partial charge >= 0.3 is 0 Å². The van der Waals surface area contributed by atoms with Gasteiger partial charge in [0.2, 0.25) is 0 Å². The zero-order chi connectivity index (χ0) is 22.1. The summed E-state index contributed by atoms with van der Waals surface area (Å²) in [6.45, 7) is 3.82. The Hall–Kier alpha value is -3.23. The normalized spacial score (nSPS) is 15.2. The number of thioether (sulfide) groups is 1. The maximum absolute atomic E-state index is 13.1. The van der Waals surface area contributed by atoms with Crippen LogP contribution >= 0.6 is 24.0 Å². The average Bonchev–Trinajstić information content (AvgIpc) is 3.32. The van der Waals surface area contributed by atoms with Gasteiger partial charge in [0.1, 0.15) is 11.5 Å². The van der Waals surface area contributed by atoms with Gasteiger partial charge in [-0.15, -0.1) is 0 Å². The third-order valence-corrected chi connectivity index (χ3v) is 6.22. The topological polar surface area (TPSA) is 76.6 Å². The summed E-state index contributed by atoms with van der Waals surface area (Å²) in [5.41, 5.74) is 2.97. The Kier molecular flexibility index (Phi) is 5.75. The number of nitrogens with zero attached hydrogens (tertiary/aromatic N) is 2. The van der Waals surface area contributed by atoms with Gasteiger partial charge in [-0.3, -0.25) is 19.8 Å². The van der Waals surface area contributed by atoms with Crippen LogP contribution in [0.5, 0.6) is 0 Å². The van der Waals surface area contributed by atoms with Crippen LogP contribution in [0, 0.1) is 17.0 Å². The van der Waals surface area contributed by atoms with Crippen molar-refractivity contribution in [3.8, 4) is 11.3 Å². The number of benzene rings is 2. The zero-order valence-electron chi connectivity index (χ0n) is 16.8. The van der Waals surface area contributed by atoms with E-state index in [1.54, 1.807) is 42.2 Å². The molecule has 6 nitrogen and oxygen atoms in total. The number of carbonyl (C=O) groups excluding carboxylic acids is 1. The van der Waals surface area contributed by atoms with Crippen LogP contribution in [0.15, 0.2) is 63.9 Å². The lowest BCUT2D eigenvalue weighted by molar-refractivity contribution is -0.384. The molecule has 0 saturated carbocycles. The van der Waals surface area contributed by atoms with Crippen molar-refractivity contribution < 1.29 is 14.1 Å². The number of thiocarbonyl (C=S) groups is 1. The molecular formula is C23H18N2O4S2. The molecule has 8 heteroatoms. The monoisotopic (exact) mass is 450 g/mol. The van der Waals surface area contributed by atoms with Gasteiger partial charge in [0.05, 0.1) is 21.1 Å². The van der Waals surface area contributed by atoms with Gasteiger partial charge in [0, 0.05) is 12.1 Å². The standard InChI is InChI=1S/C23H18N2O4S2/c1-3-15-6-4-5-7-18(15)24-22(26)21(31-23(24)30)13-16-9-11-20(29-16)17-10-8-14(2)12-19(17)25(27)28/h4-13H,3H2,1-2H3/b21-13+. The van der Waals surface area contributed by atoms with E-state index in [-0.39, 0.29) is 11.6 Å². The van der Waals surface area contributed by atoms with Gasteiger partial charge in [-0.25, -0.2) is 0 Å². The summed E-state index contributed by atoms with van der Waals surface area (Å²) in [5.74, 6) is 0.578. The maximum Gasteiger partial charge on any atom is 0.280 e. The van der Waals surface area contributed by atoms with E-state index in [1.165, 1.54) is 17.8 Å². The number of amides is 1. The fraction of sp³-hybridized carbons (Fsp3) is 0.130. The van der Waals surface area contributed by atoms with Crippen molar-refractivity contribution in [2.24, 2.45) is 0 Å². The lowest BCUT2D eigenvalue weighted by atomic mass is 10.1. The number of hydrogen-bond donors (Lipinski definition) is 0. The minimum Gasteiger partial charge on any atom is -0.456 e. The molecule has 156 valence electrons. The largest absolute Gasteiger partial charge is 0.456 e. The van der Waals surface area contributed by atoms with E-state index in [0.717, 1.165) is 23.2 Å². The molecule has 0 bridgehead atoms. The second-order valence-electron chi connectivity index (χ2n) is 6.98. The number of anilines is 1. The van der Waals surface area contributed by atoms with Gasteiger partial charge < -0.3 is 4.42 Å². The molecule has 1 aliphatic rings. The quantitative estimate of drug-likeness (QED) is 0.201. The van der Waals surface area contributed by atoms with Crippen LogP contribution < -0.4 is 4.90 Å². The van der Waals surface area contributed by atoms with E-state index in [2.05, 4.69) is 0 Å². The fourth-order valence-electron chi connectivity index (χ4n) is 3.41. The van der Waals surface area contributed by atoms with Crippen LogP contribution in [0.25, 0.3) is 17.4 Å². The molecule has 2 aromatic carbocycles. The molecule has 2 heterocycles. The number of nitro benzene ring substituents is 1. The molecule has 1 amide bonds. The van der Waals surface area contributed by atoms with Crippen LogP contribution in [0.3, 0.4) is 0 Å². The first-order valence-electron chi connectivity index (χ1n) is 9.60. The summed E-state index contributed by atoms with van der Waals surface area (Å²) in [6, 6.07) is 16.0. The first-order valence-corrected chi connectivity index (χ1v) is 10.8. The molecule has 0 spiro atoms. The average molecular weight is 451 g/mol. The number of hydrogen-bond acceptors (Lipinski definition) is 6. The van der Waals surface area contributed by atoms with Crippen molar-refractivity contribution in [1.82, 2.24) is 0 Å². The van der Waals surface area contributed by atoms with Crippen LogP contribution in [0.4, 0.5) is 11.4 Å². The van der Waals surface area contributed by atoms with Crippen molar-refractivity contribution >= 4 is 51.7 Å². The molecule has 1 aliphatic heterocycles. The van der Waals surface area contributed by atoms with Crippen molar-refractivity contribution in [3.05, 3.63) is 86.5 Å². The third kappa shape index (κ3) is 4.04. The van der Waals surface area contributed by atoms with E-state index in [0.29, 0.717) is 26.3 Å². The van der Waals surface area contributed by atoms with Crippen LogP contribution in [-0.2, 0) is 11.2 Å². The number of para-hydroxylation sites is 1. The molecule has 31 heavy (non-hydrogen) atoms. The van der Waals surface area contributed by atoms with Gasteiger partial charge in [0.15, 0.2) is 4.32 Å². The minimum absolute atomic E-state index is 0.0246. The lowest BCUT2D eigenvalue weighted by Crippen LogP contribution is -2.28. The summed E-state index contributed by atoms with van der Waals surface area (Å²) in [4.78, 5) is 26.0. The molecule has 1 fully saturated rings. The molecule has 0 radical (unpaired) electrons. The number of aryl methyl sites for hydroxylation is 2. The SMILES string of the molecule is CCc1ccccc1N1C(=O)/C(=C\c2ccc(-c3ccc(C)cc3[N+](=O)[O-])o2)SC1=S. The summed E-state index contributed by atoms with van der Waals surface area (Å²) < 4.78 is 6.28. The predicted octanol–water partition coefficient (Wildman–Crippen LogP) is 6.13. The van der Waals surface area contributed by atoms with Gasteiger partial charge in [-0.2, -0.15) is 0 Å². The Balaban J connectivity index is 1.66. The summed E-state index contributed by atoms with van der Waals surface area (Å²) in [7, 11) is 0. The second-order valence-corrected chi connectivity index (χ2v) is 8.65. The summed E-state index contributed by atoms with van der Waals surface area (Å²) >= 11 is 6.67. The van der Waals surface area contributed by atoms with Crippen molar-refractivity contribution in [1.29, 1.82) is 0 Å². The first kappa shape index (κ1) is 21.0. The van der Waals surface area contributed by atoms with Crippen LogP contribution in [-0.4, -0.2) is 15.2 Å². The van der Waals surface area contributed by atoms with Crippen molar-refractivity contribution in [2.75, 3.05) is 4.90 Å². The Morgan fingerprint density at radius 2 is 1.97 bits per heavy atom. The number of furan rings is 1. The minimum atomic E-state index is -0.430. The predicted molar refractivity (Wildman–Crippen MR) is 127 cm³/mol. The van der Waals surface area contributed by atoms with E-state index < -0.39 is 4.92 Å². The smallest absolute Gasteiger partial charge is 0.280 e. The van der Waals surface area contributed by atoms with Gasteiger partial charge in [0.25, 0.3) is 11.6 Å². The molecule has 4 rings (SSSR count). The zero-order valence-corrected chi connectivity index (χ0v) is 18.5. The van der Waals surface area contributed by atoms with Crippen molar-refractivity contribution in [2.45, 2.75) is 20.3 Å². The van der Waals surface area contributed by atoms with Crippen molar-refractivity contribution in [3.63, 3.8) is 0 Å². The highest BCUT2D eigenvalue weighted by atomic mass is 32.2. The summed E-state index contributed by atoms with van der Waals surface area (Å²) in [6.07, 6.45) is 2.40. The Morgan fingerprint density at radius 1 is 1.19 bits per heavy atom. The maximum atomic E-state index is 13.1. The first-order chi connectivity index (χ1) is 14.9. The molecule has 0 atom stereocenters. The Labute approximate surface area is 188 Å². The van der Waals surface area contributed by atoms with Gasteiger partial charge in [-0.1, -0.05) is 55.2 Å². The number of rotatable bonds is 5. The molecule has 0 aliphatic carbocycles. The number of carbonyl (C=O) groups is 1. The van der Waals surface area contributed by atoms with E-state index in [1.807, 2.05) is 31.2 Å². The van der Waals surface area contributed by atoms with Crippen LogP contribution in [0.2, 0.25) is 0 Å². The van der Waals surface area contributed by atoms with E-state index in [4.69, 9.17) is 16.6 Å². The van der Waals surface area contributed by atoms with E-state index in [9.17, 15) is 14.9 Å². The molecule has 3 aromatic rings. The van der Waals surface area contributed by atoms with E-state index >= 15 is 0 Å². The highest BCUT2D eigenvalue weighted by Crippen LogP contribution is 2.38. The molecular weight excluding hydrogens is 432 g/mol. The third-order valence-electron chi connectivity index (χ3n) is 4.92. The fourth-order valence-corrected chi connectivity index (χ4v) is 4.67. The molecule has 0 unspecified atom stereocenters. The molecule has 0 N–H and O–H groups in total. The Morgan fingerprint density at radius 3 is 2.71 bits per heavy atom. The van der Waals surface area contributed by atoms with Gasteiger partial charge in [-0.05, 0) is 48.7 Å². The Bertz CT molecular complexity index is 1250. The second kappa shape index (κ2) is 8.49. The highest BCUT2D eigenvalue weighted by molar-refractivity contribution is 8.27. The number of nitro groups is 1. The lowest BCUT2D eigenvalue weighted by Gasteiger charge is -2.17. The van der Waals surface area contributed by atoms with Crippen LogP contribution in [0.1, 0.15) is 23.8 Å². The molecule has 1 aromatic heterocycles.